The molecule has 0 fully saturated rings. The quantitative estimate of drug-likeness (QED) is 0.151. The first-order chi connectivity index (χ1) is 28.0. The minimum atomic E-state index is -0.207. The van der Waals surface area contributed by atoms with E-state index in [0.29, 0.717) is 0 Å². The minimum Gasteiger partial charge on any atom is -0.367 e. The molecule has 58 heavy (non-hydrogen) atoms. The van der Waals surface area contributed by atoms with Gasteiger partial charge in [0.2, 0.25) is 0 Å². The number of benzene rings is 7. The minimum absolute atomic E-state index is 0.00179. The third kappa shape index (κ3) is 3.91. The van der Waals surface area contributed by atoms with Gasteiger partial charge in [0.05, 0.1) is 4.83 Å². The van der Waals surface area contributed by atoms with Crippen LogP contribution in [0.1, 0.15) is 82.2 Å². The Morgan fingerprint density at radius 3 is 2.12 bits per heavy atom. The molecule has 0 atom stereocenters. The van der Waals surface area contributed by atoms with Crippen molar-refractivity contribution in [3.05, 3.63) is 149 Å². The maximum atomic E-state index is 2.77. The standard InChI is InChI=1S/C54H45BN2S/c1-30-27-39-40(53(4,5)26-25-52(39,2)3)29-42(30)56-43-28-31-15-8-9-16-32(31)45-36-19-14-20-37-46-35-18-11-13-22-44(35)58-51(46)57(49(36)37)55(48(43)45)41-24-23-34-33-17-10-12-21-38(33)54(6,7)47(34)50(41)56/h8-24,27-29H,25-26H2,1-7H3. The van der Waals surface area contributed by atoms with Crippen molar-refractivity contribution >= 4 is 88.2 Å². The molecule has 2 aromatic heterocycles. The molecule has 4 aliphatic rings. The Hall–Kier alpha value is -5.58. The van der Waals surface area contributed by atoms with Gasteiger partial charge >= 0.3 is 6.85 Å². The Kier molecular flexibility index (Phi) is 6.18. The summed E-state index contributed by atoms with van der Waals surface area (Å²) in [5.41, 5.74) is 20.9. The van der Waals surface area contributed by atoms with Gasteiger partial charge in [-0.2, -0.15) is 0 Å². The van der Waals surface area contributed by atoms with Gasteiger partial charge in [-0.1, -0.05) is 145 Å². The highest BCUT2D eigenvalue weighted by molar-refractivity contribution is 7.26. The predicted molar refractivity (Wildman–Crippen MR) is 250 cm³/mol. The first-order valence-electron chi connectivity index (χ1n) is 21.2. The third-order valence-corrected chi connectivity index (χ3v) is 16.3. The van der Waals surface area contributed by atoms with Gasteiger partial charge in [0.1, 0.15) is 0 Å². The summed E-state index contributed by atoms with van der Waals surface area (Å²) in [6.45, 7) is 17.2. The molecule has 0 spiro atoms. The van der Waals surface area contributed by atoms with Crippen LogP contribution in [-0.4, -0.2) is 11.3 Å². The lowest BCUT2D eigenvalue weighted by Crippen LogP contribution is -2.57. The molecular weight excluding hydrogens is 719 g/mol. The maximum Gasteiger partial charge on any atom is 0.333 e. The second kappa shape index (κ2) is 10.7. The maximum absolute atomic E-state index is 2.77. The van der Waals surface area contributed by atoms with Crippen LogP contribution in [0, 0.1) is 6.92 Å². The first-order valence-corrected chi connectivity index (χ1v) is 22.0. The lowest BCUT2D eigenvalue weighted by molar-refractivity contribution is 0.332. The smallest absolute Gasteiger partial charge is 0.333 e. The second-order valence-electron chi connectivity index (χ2n) is 19.5. The molecule has 0 unspecified atom stereocenters. The highest BCUT2D eigenvalue weighted by Crippen LogP contribution is 2.58. The van der Waals surface area contributed by atoms with Gasteiger partial charge in [-0.3, -0.25) is 0 Å². The summed E-state index contributed by atoms with van der Waals surface area (Å²) in [4.78, 5) is 4.13. The van der Waals surface area contributed by atoms with E-state index in [4.69, 9.17) is 0 Å². The topological polar surface area (TPSA) is 8.17 Å². The summed E-state index contributed by atoms with van der Waals surface area (Å²) in [5.74, 6) is 0. The fraction of sp³-hybridized carbons (Fsp3) is 0.222. The van der Waals surface area contributed by atoms with Crippen LogP contribution in [0.3, 0.4) is 0 Å². The molecule has 280 valence electrons. The number of anilines is 3. The lowest BCUT2D eigenvalue weighted by Gasteiger charge is -2.46. The average Bonchev–Trinajstić information content (AvgIpc) is 3.83. The van der Waals surface area contributed by atoms with Crippen molar-refractivity contribution in [1.82, 2.24) is 4.48 Å². The zero-order valence-corrected chi connectivity index (χ0v) is 35.2. The molecule has 0 bridgehead atoms. The van der Waals surface area contributed by atoms with Crippen LogP contribution in [0.4, 0.5) is 17.1 Å². The number of hydrogen-bond donors (Lipinski definition) is 0. The van der Waals surface area contributed by atoms with Gasteiger partial charge in [-0.25, -0.2) is 0 Å². The number of fused-ring (bicyclic) bond motifs is 16. The molecule has 2 aliphatic heterocycles. The predicted octanol–water partition coefficient (Wildman–Crippen LogP) is 13.5. The molecule has 0 N–H and O–H groups in total. The van der Waals surface area contributed by atoms with Crippen molar-refractivity contribution < 1.29 is 0 Å². The molecule has 13 rings (SSSR count). The normalized spacial score (nSPS) is 17.4. The van der Waals surface area contributed by atoms with Crippen LogP contribution >= 0.6 is 11.3 Å². The molecule has 4 heteroatoms. The molecule has 0 radical (unpaired) electrons. The van der Waals surface area contributed by atoms with Crippen molar-refractivity contribution in [3.8, 4) is 22.3 Å². The zero-order valence-electron chi connectivity index (χ0n) is 34.3. The largest absolute Gasteiger partial charge is 0.367 e. The number of aromatic nitrogens is 1. The molecule has 0 saturated carbocycles. The van der Waals surface area contributed by atoms with Crippen LogP contribution < -0.4 is 15.8 Å². The van der Waals surface area contributed by atoms with Gasteiger partial charge < -0.3 is 9.38 Å². The van der Waals surface area contributed by atoms with E-state index < -0.39 is 0 Å². The van der Waals surface area contributed by atoms with E-state index in [1.165, 1.54) is 133 Å². The summed E-state index contributed by atoms with van der Waals surface area (Å²) < 4.78 is 4.13. The van der Waals surface area contributed by atoms with Gasteiger partial charge in [0, 0.05) is 54.4 Å². The van der Waals surface area contributed by atoms with Crippen LogP contribution in [0.25, 0.3) is 64.2 Å². The molecule has 2 nitrogen and oxygen atoms in total. The molecular formula is C54H45BN2S. The monoisotopic (exact) mass is 764 g/mol. The second-order valence-corrected chi connectivity index (χ2v) is 20.6. The Bertz CT molecular complexity index is 3350. The van der Waals surface area contributed by atoms with Crippen LogP contribution in [0.15, 0.2) is 121 Å². The van der Waals surface area contributed by atoms with Crippen LogP contribution in [0.2, 0.25) is 0 Å². The van der Waals surface area contributed by atoms with Crippen molar-refractivity contribution in [3.63, 3.8) is 0 Å². The molecule has 0 amide bonds. The van der Waals surface area contributed by atoms with Crippen LogP contribution in [0.5, 0.6) is 0 Å². The van der Waals surface area contributed by atoms with E-state index >= 15 is 0 Å². The number of para-hydroxylation sites is 1. The number of thiophene rings is 1. The molecule has 4 heterocycles. The van der Waals surface area contributed by atoms with Crippen molar-refractivity contribution in [2.45, 2.75) is 77.6 Å². The fourth-order valence-corrected chi connectivity index (χ4v) is 13.4. The zero-order chi connectivity index (χ0) is 39.2. The van der Waals surface area contributed by atoms with E-state index in [1.807, 2.05) is 11.3 Å². The highest BCUT2D eigenvalue weighted by atomic mass is 32.1. The van der Waals surface area contributed by atoms with Crippen molar-refractivity contribution in [2.75, 3.05) is 4.90 Å². The molecule has 9 aromatic rings. The van der Waals surface area contributed by atoms with Crippen molar-refractivity contribution in [1.29, 1.82) is 0 Å². The summed E-state index contributed by atoms with van der Waals surface area (Å²) >= 11 is 1.96. The number of nitrogens with zero attached hydrogens (tertiary/aromatic N) is 2. The SMILES string of the molecule is Cc1cc2c(cc1N1c3cc4ccccc4c4c3B(c3ccc5c(c31)C(C)(C)c1ccccc1-5)n1c3sc5ccccc5c3c3cccc-4c31)C(C)(C)CCC2(C)C. The Morgan fingerprint density at radius 1 is 0.603 bits per heavy atom. The summed E-state index contributed by atoms with van der Waals surface area (Å²) in [7, 11) is 0. The van der Waals surface area contributed by atoms with Gasteiger partial charge in [0.25, 0.3) is 0 Å². The Balaban J connectivity index is 1.24. The van der Waals surface area contributed by atoms with E-state index in [0.717, 1.165) is 0 Å². The van der Waals surface area contributed by atoms with E-state index in [9.17, 15) is 0 Å². The average molecular weight is 765 g/mol. The van der Waals surface area contributed by atoms with Gasteiger partial charge in [-0.05, 0) is 115 Å². The van der Waals surface area contributed by atoms with Crippen molar-refractivity contribution in [2.24, 2.45) is 0 Å². The van der Waals surface area contributed by atoms with Gasteiger partial charge in [0.15, 0.2) is 0 Å². The van der Waals surface area contributed by atoms with E-state index in [2.05, 4.69) is 179 Å². The Morgan fingerprint density at radius 2 is 1.29 bits per heavy atom. The summed E-state index contributed by atoms with van der Waals surface area (Å²) in [6.07, 6.45) is 2.39. The summed E-state index contributed by atoms with van der Waals surface area (Å²) in [6, 6.07) is 47.2. The number of hydrogen-bond acceptors (Lipinski definition) is 2. The third-order valence-electron chi connectivity index (χ3n) is 15.1. The fourth-order valence-electron chi connectivity index (χ4n) is 12.2. The number of aryl methyl sites for hydroxylation is 1. The Labute approximate surface area is 344 Å². The van der Waals surface area contributed by atoms with E-state index in [1.54, 1.807) is 0 Å². The number of rotatable bonds is 1. The highest BCUT2D eigenvalue weighted by Gasteiger charge is 2.49. The molecule has 0 saturated heterocycles. The lowest BCUT2D eigenvalue weighted by atomic mass is 9.44. The van der Waals surface area contributed by atoms with Gasteiger partial charge in [-0.15, -0.1) is 11.3 Å². The van der Waals surface area contributed by atoms with Crippen LogP contribution in [-0.2, 0) is 16.2 Å². The first kappa shape index (κ1) is 33.4. The molecule has 7 aromatic carbocycles. The van der Waals surface area contributed by atoms with E-state index in [-0.39, 0.29) is 23.1 Å². The summed E-state index contributed by atoms with van der Waals surface area (Å²) in [5, 5.41) is 6.74. The molecule has 2 aliphatic carbocycles.